The number of nitrogen functional groups attached to an aromatic ring is 1. The summed E-state index contributed by atoms with van der Waals surface area (Å²) in [5.74, 6) is -0.209. The second-order valence-corrected chi connectivity index (χ2v) is 5.53. The molecule has 0 bridgehead atoms. The van der Waals surface area contributed by atoms with Gasteiger partial charge in [-0.15, -0.1) is 0 Å². The Balaban J connectivity index is 1.96. The summed E-state index contributed by atoms with van der Waals surface area (Å²) in [6.07, 6.45) is 1.71. The predicted molar refractivity (Wildman–Crippen MR) is 88.3 cm³/mol. The van der Waals surface area contributed by atoms with Crippen LogP contribution in [0.15, 0.2) is 59.2 Å². The minimum atomic E-state index is -0.209. The molecular weight excluding hydrogens is 330 g/mol. The molecule has 0 saturated heterocycles. The maximum atomic E-state index is 12.3. The number of anilines is 2. The number of hydrogen-bond donors (Lipinski definition) is 2. The lowest BCUT2D eigenvalue weighted by atomic mass is 10.1. The molecule has 0 aliphatic heterocycles. The Morgan fingerprint density at radius 3 is 2.76 bits per heavy atom. The molecule has 4 nitrogen and oxygen atoms in total. The number of benzene rings is 2. The molecule has 3 aromatic rings. The van der Waals surface area contributed by atoms with Gasteiger partial charge in [-0.05, 0) is 46.3 Å². The summed E-state index contributed by atoms with van der Waals surface area (Å²) in [5.41, 5.74) is 8.20. The van der Waals surface area contributed by atoms with E-state index in [0.29, 0.717) is 16.9 Å². The van der Waals surface area contributed by atoms with Gasteiger partial charge in [-0.1, -0.05) is 18.2 Å². The Morgan fingerprint density at radius 1 is 1.14 bits per heavy atom. The number of nitrogens with zero attached hydrogens (tertiary/aromatic N) is 1. The van der Waals surface area contributed by atoms with E-state index in [4.69, 9.17) is 5.73 Å². The van der Waals surface area contributed by atoms with Crippen LogP contribution in [0.1, 0.15) is 10.4 Å². The number of carbonyl (C=O) groups is 1. The van der Waals surface area contributed by atoms with E-state index in [0.717, 1.165) is 15.4 Å². The Labute approximate surface area is 130 Å². The van der Waals surface area contributed by atoms with E-state index in [-0.39, 0.29) is 5.91 Å². The van der Waals surface area contributed by atoms with Crippen LogP contribution in [0.3, 0.4) is 0 Å². The number of hydrogen-bond acceptors (Lipinski definition) is 3. The van der Waals surface area contributed by atoms with Crippen molar-refractivity contribution in [3.8, 4) is 0 Å². The molecule has 0 atom stereocenters. The van der Waals surface area contributed by atoms with E-state index in [1.807, 2.05) is 24.3 Å². The molecule has 0 unspecified atom stereocenters. The van der Waals surface area contributed by atoms with Crippen LogP contribution in [0, 0.1) is 0 Å². The highest BCUT2D eigenvalue weighted by Gasteiger charge is 2.09. The van der Waals surface area contributed by atoms with E-state index in [2.05, 4.69) is 26.2 Å². The molecule has 1 amide bonds. The summed E-state index contributed by atoms with van der Waals surface area (Å²) in [5, 5.41) is 3.83. The zero-order valence-electron chi connectivity index (χ0n) is 11.0. The highest BCUT2D eigenvalue weighted by molar-refractivity contribution is 9.10. The molecule has 0 aliphatic rings. The van der Waals surface area contributed by atoms with Gasteiger partial charge in [0.1, 0.15) is 0 Å². The Bertz CT molecular complexity index is 833. The quantitative estimate of drug-likeness (QED) is 0.696. The van der Waals surface area contributed by atoms with Crippen LogP contribution in [0.2, 0.25) is 0 Å². The first-order chi connectivity index (χ1) is 10.1. The highest BCUT2D eigenvalue weighted by Crippen LogP contribution is 2.24. The van der Waals surface area contributed by atoms with Gasteiger partial charge < -0.3 is 11.1 Å². The zero-order valence-corrected chi connectivity index (χ0v) is 12.6. The number of pyridine rings is 1. The van der Waals surface area contributed by atoms with Crippen molar-refractivity contribution in [2.75, 3.05) is 11.1 Å². The SMILES string of the molecule is Nc1cccc(C(=O)Nc2cccc3cc(Br)cnc23)c1. The van der Waals surface area contributed by atoms with Gasteiger partial charge in [0.15, 0.2) is 0 Å². The monoisotopic (exact) mass is 341 g/mol. The van der Waals surface area contributed by atoms with Crippen LogP contribution in [-0.4, -0.2) is 10.9 Å². The fraction of sp³-hybridized carbons (Fsp3) is 0. The summed E-state index contributed by atoms with van der Waals surface area (Å²) < 4.78 is 0.898. The molecule has 0 radical (unpaired) electrons. The Kier molecular flexibility index (Phi) is 3.58. The minimum Gasteiger partial charge on any atom is -0.399 e. The van der Waals surface area contributed by atoms with E-state index in [1.165, 1.54) is 0 Å². The third kappa shape index (κ3) is 2.87. The van der Waals surface area contributed by atoms with Crippen molar-refractivity contribution >= 4 is 44.1 Å². The maximum absolute atomic E-state index is 12.3. The largest absolute Gasteiger partial charge is 0.399 e. The van der Waals surface area contributed by atoms with Crippen molar-refractivity contribution in [3.05, 3.63) is 64.8 Å². The molecule has 0 fully saturated rings. The Morgan fingerprint density at radius 2 is 1.95 bits per heavy atom. The summed E-state index contributed by atoms with van der Waals surface area (Å²) in [6.45, 7) is 0. The first kappa shape index (κ1) is 13.6. The second-order valence-electron chi connectivity index (χ2n) is 4.61. The maximum Gasteiger partial charge on any atom is 0.255 e. The van der Waals surface area contributed by atoms with Crippen molar-refractivity contribution in [2.45, 2.75) is 0 Å². The molecule has 104 valence electrons. The summed E-state index contributed by atoms with van der Waals surface area (Å²) in [7, 11) is 0. The molecule has 1 heterocycles. The van der Waals surface area contributed by atoms with Crippen molar-refractivity contribution < 1.29 is 4.79 Å². The predicted octanol–water partition coefficient (Wildman–Crippen LogP) is 3.83. The number of fused-ring (bicyclic) bond motifs is 1. The zero-order chi connectivity index (χ0) is 14.8. The number of halogens is 1. The van der Waals surface area contributed by atoms with Gasteiger partial charge in [-0.2, -0.15) is 0 Å². The first-order valence-electron chi connectivity index (χ1n) is 6.34. The van der Waals surface area contributed by atoms with Gasteiger partial charge in [-0.25, -0.2) is 0 Å². The van der Waals surface area contributed by atoms with Gasteiger partial charge in [0.05, 0.1) is 11.2 Å². The molecule has 0 spiro atoms. The average Bonchev–Trinajstić information content (AvgIpc) is 2.47. The van der Waals surface area contributed by atoms with E-state index in [1.54, 1.807) is 30.5 Å². The Hall–Kier alpha value is -2.40. The molecule has 3 rings (SSSR count). The lowest BCUT2D eigenvalue weighted by Gasteiger charge is -2.08. The van der Waals surface area contributed by atoms with Crippen LogP contribution in [0.25, 0.3) is 10.9 Å². The van der Waals surface area contributed by atoms with Crippen LogP contribution in [0.5, 0.6) is 0 Å². The number of nitrogens with one attached hydrogen (secondary N) is 1. The smallest absolute Gasteiger partial charge is 0.255 e. The van der Waals surface area contributed by atoms with Gasteiger partial charge in [0.2, 0.25) is 0 Å². The second kappa shape index (κ2) is 5.54. The standard InChI is InChI=1S/C16H12BrN3O/c17-12-7-10-3-2-6-14(15(10)19-9-12)20-16(21)11-4-1-5-13(18)8-11/h1-9H,18H2,(H,20,21). The fourth-order valence-corrected chi connectivity index (χ4v) is 2.46. The molecule has 3 N–H and O–H groups in total. The van der Waals surface area contributed by atoms with Gasteiger partial charge >= 0.3 is 0 Å². The number of carbonyl (C=O) groups excluding carboxylic acids is 1. The molecule has 2 aromatic carbocycles. The lowest BCUT2D eigenvalue weighted by molar-refractivity contribution is 0.102. The molecule has 5 heteroatoms. The van der Waals surface area contributed by atoms with E-state index >= 15 is 0 Å². The van der Waals surface area contributed by atoms with Crippen LogP contribution in [-0.2, 0) is 0 Å². The lowest BCUT2D eigenvalue weighted by Crippen LogP contribution is -2.12. The van der Waals surface area contributed by atoms with Crippen LogP contribution in [0.4, 0.5) is 11.4 Å². The van der Waals surface area contributed by atoms with Crippen molar-refractivity contribution in [3.63, 3.8) is 0 Å². The number of amides is 1. The normalized spacial score (nSPS) is 10.5. The number of aromatic nitrogens is 1. The van der Waals surface area contributed by atoms with Crippen LogP contribution >= 0.6 is 15.9 Å². The molecule has 21 heavy (non-hydrogen) atoms. The van der Waals surface area contributed by atoms with Gasteiger partial charge in [0.25, 0.3) is 5.91 Å². The highest BCUT2D eigenvalue weighted by atomic mass is 79.9. The molecule has 0 aliphatic carbocycles. The van der Waals surface area contributed by atoms with Gasteiger partial charge in [-0.3, -0.25) is 9.78 Å². The number of rotatable bonds is 2. The number of para-hydroxylation sites is 1. The average molecular weight is 342 g/mol. The molecular formula is C16H12BrN3O. The minimum absolute atomic E-state index is 0.209. The summed E-state index contributed by atoms with van der Waals surface area (Å²) >= 11 is 3.39. The van der Waals surface area contributed by atoms with Crippen molar-refractivity contribution in [1.29, 1.82) is 0 Å². The molecule has 1 aromatic heterocycles. The van der Waals surface area contributed by atoms with E-state index < -0.39 is 0 Å². The van der Waals surface area contributed by atoms with Gasteiger partial charge in [0, 0.05) is 27.3 Å². The summed E-state index contributed by atoms with van der Waals surface area (Å²) in [4.78, 5) is 16.6. The van der Waals surface area contributed by atoms with Crippen molar-refractivity contribution in [1.82, 2.24) is 4.98 Å². The topological polar surface area (TPSA) is 68.0 Å². The third-order valence-electron chi connectivity index (χ3n) is 3.07. The van der Waals surface area contributed by atoms with Crippen molar-refractivity contribution in [2.24, 2.45) is 0 Å². The van der Waals surface area contributed by atoms with E-state index in [9.17, 15) is 4.79 Å². The summed E-state index contributed by atoms with van der Waals surface area (Å²) in [6, 6.07) is 14.5. The molecule has 0 saturated carbocycles. The first-order valence-corrected chi connectivity index (χ1v) is 7.14. The third-order valence-corrected chi connectivity index (χ3v) is 3.51. The number of nitrogens with two attached hydrogens (primary N) is 1. The fourth-order valence-electron chi connectivity index (χ4n) is 2.11. The van der Waals surface area contributed by atoms with Crippen LogP contribution < -0.4 is 11.1 Å².